The summed E-state index contributed by atoms with van der Waals surface area (Å²) >= 11 is 0. The normalized spacial score (nSPS) is 29.1. The molecule has 12 heavy (non-hydrogen) atoms. The monoisotopic (exact) mass is 170 g/mol. The molecule has 0 aromatic heterocycles. The molecule has 1 aliphatic rings. The van der Waals surface area contributed by atoms with Crippen LogP contribution in [-0.2, 0) is 4.79 Å². The summed E-state index contributed by atoms with van der Waals surface area (Å²) in [4.78, 5) is 10.7. The lowest BCUT2D eigenvalue weighted by Gasteiger charge is -2.14. The maximum absolute atomic E-state index is 10.7. The lowest BCUT2D eigenvalue weighted by atomic mass is 9.92. The Bertz CT molecular complexity index is 159. The van der Waals surface area contributed by atoms with Gasteiger partial charge in [-0.3, -0.25) is 10.5 Å². The van der Waals surface area contributed by atoms with Crippen molar-refractivity contribution < 1.29 is 9.90 Å². The standard InChI is InChI=1S/C9H16NO2/c10-6-2-4-7-3-1-5-8(7)9(11)12/h7-8,10H,1-6H2,(H,11,12). The molecule has 2 N–H and O–H groups in total. The second kappa shape index (κ2) is 4.45. The van der Waals surface area contributed by atoms with Gasteiger partial charge < -0.3 is 5.11 Å². The Morgan fingerprint density at radius 2 is 2.25 bits per heavy atom. The van der Waals surface area contributed by atoms with E-state index in [0.29, 0.717) is 12.5 Å². The largest absolute Gasteiger partial charge is 0.481 e. The van der Waals surface area contributed by atoms with E-state index in [1.54, 1.807) is 0 Å². The van der Waals surface area contributed by atoms with Crippen LogP contribution in [0.2, 0.25) is 0 Å². The van der Waals surface area contributed by atoms with Crippen LogP contribution in [0.4, 0.5) is 0 Å². The zero-order chi connectivity index (χ0) is 8.97. The number of hydrogen-bond acceptors (Lipinski definition) is 1. The highest BCUT2D eigenvalue weighted by molar-refractivity contribution is 5.70. The molecule has 3 heteroatoms. The van der Waals surface area contributed by atoms with Gasteiger partial charge in [0.2, 0.25) is 0 Å². The number of nitrogens with one attached hydrogen (secondary N) is 1. The van der Waals surface area contributed by atoms with Crippen molar-refractivity contribution in [1.82, 2.24) is 5.73 Å². The van der Waals surface area contributed by atoms with Gasteiger partial charge in [-0.05, 0) is 31.6 Å². The van der Waals surface area contributed by atoms with E-state index in [0.717, 1.165) is 32.1 Å². The Morgan fingerprint density at radius 3 is 2.83 bits per heavy atom. The second-order valence-electron chi connectivity index (χ2n) is 3.53. The summed E-state index contributed by atoms with van der Waals surface area (Å²) in [5.41, 5.74) is 6.99. The summed E-state index contributed by atoms with van der Waals surface area (Å²) in [5, 5.41) is 8.84. The maximum atomic E-state index is 10.7. The van der Waals surface area contributed by atoms with E-state index in [4.69, 9.17) is 10.8 Å². The molecule has 1 rings (SSSR count). The van der Waals surface area contributed by atoms with E-state index in [9.17, 15) is 4.79 Å². The van der Waals surface area contributed by atoms with Crippen molar-refractivity contribution in [3.63, 3.8) is 0 Å². The van der Waals surface area contributed by atoms with Crippen LogP contribution in [0.3, 0.4) is 0 Å². The van der Waals surface area contributed by atoms with E-state index in [-0.39, 0.29) is 5.92 Å². The fourth-order valence-corrected chi connectivity index (χ4v) is 2.07. The fraction of sp³-hybridized carbons (Fsp3) is 0.889. The van der Waals surface area contributed by atoms with Crippen molar-refractivity contribution in [2.75, 3.05) is 6.54 Å². The fourth-order valence-electron chi connectivity index (χ4n) is 2.07. The van der Waals surface area contributed by atoms with Gasteiger partial charge in [-0.1, -0.05) is 6.42 Å². The van der Waals surface area contributed by atoms with E-state index in [1.807, 2.05) is 0 Å². The molecule has 2 unspecified atom stereocenters. The van der Waals surface area contributed by atoms with Crippen LogP contribution in [0, 0.1) is 11.8 Å². The summed E-state index contributed by atoms with van der Waals surface area (Å²) < 4.78 is 0. The molecule has 0 aromatic rings. The van der Waals surface area contributed by atoms with Gasteiger partial charge >= 0.3 is 5.97 Å². The highest BCUT2D eigenvalue weighted by Gasteiger charge is 2.31. The van der Waals surface area contributed by atoms with Crippen molar-refractivity contribution in [2.24, 2.45) is 11.8 Å². The highest BCUT2D eigenvalue weighted by Crippen LogP contribution is 2.34. The molecule has 0 aliphatic heterocycles. The third-order valence-electron chi connectivity index (χ3n) is 2.73. The van der Waals surface area contributed by atoms with E-state index in [1.165, 1.54) is 0 Å². The van der Waals surface area contributed by atoms with Crippen molar-refractivity contribution in [3.8, 4) is 0 Å². The minimum atomic E-state index is -0.637. The van der Waals surface area contributed by atoms with E-state index < -0.39 is 5.97 Å². The first-order chi connectivity index (χ1) is 5.75. The molecule has 0 bridgehead atoms. The summed E-state index contributed by atoms with van der Waals surface area (Å²) in [5.74, 6) is -0.396. The van der Waals surface area contributed by atoms with Gasteiger partial charge in [0.25, 0.3) is 0 Å². The van der Waals surface area contributed by atoms with Gasteiger partial charge in [-0.25, -0.2) is 0 Å². The zero-order valence-electron chi connectivity index (χ0n) is 7.25. The minimum absolute atomic E-state index is 0.114. The Labute approximate surface area is 72.9 Å². The van der Waals surface area contributed by atoms with Crippen molar-refractivity contribution >= 4 is 5.97 Å². The highest BCUT2D eigenvalue weighted by atomic mass is 16.4. The number of aliphatic carboxylic acids is 1. The molecule has 1 aliphatic carbocycles. The van der Waals surface area contributed by atoms with Crippen LogP contribution < -0.4 is 5.73 Å². The van der Waals surface area contributed by atoms with Gasteiger partial charge in [0.05, 0.1) is 5.92 Å². The predicted molar refractivity (Wildman–Crippen MR) is 45.7 cm³/mol. The SMILES string of the molecule is [NH]CCCC1CCCC1C(=O)O. The van der Waals surface area contributed by atoms with Gasteiger partial charge in [-0.15, -0.1) is 0 Å². The number of carbonyl (C=O) groups is 1. The molecule has 1 saturated carbocycles. The smallest absolute Gasteiger partial charge is 0.306 e. The second-order valence-corrected chi connectivity index (χ2v) is 3.53. The number of carboxylic acids is 1. The molecule has 0 heterocycles. The molecule has 0 spiro atoms. The lowest BCUT2D eigenvalue weighted by Crippen LogP contribution is -2.18. The van der Waals surface area contributed by atoms with Crippen molar-refractivity contribution in [2.45, 2.75) is 32.1 Å². The van der Waals surface area contributed by atoms with Crippen LogP contribution in [0.1, 0.15) is 32.1 Å². The first-order valence-electron chi connectivity index (χ1n) is 4.63. The number of rotatable bonds is 4. The summed E-state index contributed by atoms with van der Waals surface area (Å²) in [6, 6.07) is 0. The van der Waals surface area contributed by atoms with Gasteiger partial charge in [0.1, 0.15) is 0 Å². The van der Waals surface area contributed by atoms with Gasteiger partial charge in [-0.2, -0.15) is 0 Å². The topological polar surface area (TPSA) is 61.1 Å². The lowest BCUT2D eigenvalue weighted by molar-refractivity contribution is -0.143. The average Bonchev–Trinajstić information content (AvgIpc) is 2.48. The van der Waals surface area contributed by atoms with E-state index in [2.05, 4.69) is 0 Å². The average molecular weight is 170 g/mol. The number of hydrogen-bond donors (Lipinski definition) is 1. The Balaban J connectivity index is 2.35. The molecule has 3 nitrogen and oxygen atoms in total. The summed E-state index contributed by atoms with van der Waals surface area (Å²) in [7, 11) is 0. The van der Waals surface area contributed by atoms with Gasteiger partial charge in [0, 0.05) is 6.54 Å². The molecule has 0 aromatic carbocycles. The molecule has 2 atom stereocenters. The third kappa shape index (κ3) is 2.21. The van der Waals surface area contributed by atoms with Crippen LogP contribution >= 0.6 is 0 Å². The van der Waals surface area contributed by atoms with Crippen molar-refractivity contribution in [3.05, 3.63) is 0 Å². The molecule has 69 valence electrons. The van der Waals surface area contributed by atoms with Crippen LogP contribution in [0.25, 0.3) is 0 Å². The van der Waals surface area contributed by atoms with Gasteiger partial charge in [0.15, 0.2) is 0 Å². The summed E-state index contributed by atoms with van der Waals surface area (Å²) in [6.45, 7) is 0.433. The first-order valence-corrected chi connectivity index (χ1v) is 4.63. The predicted octanol–water partition coefficient (Wildman–Crippen LogP) is 1.55. The maximum Gasteiger partial charge on any atom is 0.306 e. The van der Waals surface area contributed by atoms with Crippen LogP contribution in [-0.4, -0.2) is 17.6 Å². The molecule has 1 radical (unpaired) electrons. The molecule has 0 saturated heterocycles. The Kier molecular flexibility index (Phi) is 3.53. The Hall–Kier alpha value is -0.570. The van der Waals surface area contributed by atoms with E-state index >= 15 is 0 Å². The first kappa shape index (κ1) is 9.52. The molecular weight excluding hydrogens is 154 g/mol. The third-order valence-corrected chi connectivity index (χ3v) is 2.73. The van der Waals surface area contributed by atoms with Crippen molar-refractivity contribution in [1.29, 1.82) is 0 Å². The quantitative estimate of drug-likeness (QED) is 0.695. The zero-order valence-corrected chi connectivity index (χ0v) is 7.25. The summed E-state index contributed by atoms with van der Waals surface area (Å²) in [6.07, 6.45) is 4.74. The molecule has 1 fully saturated rings. The number of carboxylic acid groups (broad SMARTS) is 1. The van der Waals surface area contributed by atoms with Crippen LogP contribution in [0.5, 0.6) is 0 Å². The van der Waals surface area contributed by atoms with Crippen LogP contribution in [0.15, 0.2) is 0 Å². The minimum Gasteiger partial charge on any atom is -0.481 e. The Morgan fingerprint density at radius 1 is 1.50 bits per heavy atom. The molecule has 0 amide bonds. The molecular formula is C9H16NO2.